The summed E-state index contributed by atoms with van der Waals surface area (Å²) in [6.07, 6.45) is 7.29. The monoisotopic (exact) mass is 332 g/mol. The second-order valence-corrected chi connectivity index (χ2v) is 7.43. The van der Waals surface area contributed by atoms with Crippen molar-refractivity contribution in [2.45, 2.75) is 64.0 Å². The van der Waals surface area contributed by atoms with Gasteiger partial charge in [0.15, 0.2) is 0 Å². The van der Waals surface area contributed by atoms with Gasteiger partial charge in [-0.2, -0.15) is 0 Å². The summed E-state index contributed by atoms with van der Waals surface area (Å²) in [4.78, 5) is 15.3. The van der Waals surface area contributed by atoms with Crippen LogP contribution in [-0.2, 0) is 11.2 Å². The fourth-order valence-corrected chi connectivity index (χ4v) is 4.22. The maximum atomic E-state index is 13.4. The van der Waals surface area contributed by atoms with Crippen molar-refractivity contribution in [1.29, 1.82) is 0 Å². The van der Waals surface area contributed by atoms with Gasteiger partial charge < -0.3 is 10.2 Å². The molecule has 1 aromatic rings. The van der Waals surface area contributed by atoms with E-state index in [2.05, 4.69) is 17.1 Å². The van der Waals surface area contributed by atoms with E-state index in [1.54, 1.807) is 12.1 Å². The Kier molecular flexibility index (Phi) is 5.88. The van der Waals surface area contributed by atoms with Crippen LogP contribution in [0.15, 0.2) is 24.3 Å². The molecule has 1 N–H and O–H groups in total. The van der Waals surface area contributed by atoms with E-state index in [4.69, 9.17) is 0 Å². The lowest BCUT2D eigenvalue weighted by molar-refractivity contribution is -0.139. The highest BCUT2D eigenvalue weighted by atomic mass is 19.1. The van der Waals surface area contributed by atoms with Crippen molar-refractivity contribution in [1.82, 2.24) is 10.2 Å². The first kappa shape index (κ1) is 17.4. The molecular weight excluding hydrogens is 303 g/mol. The molecule has 0 unspecified atom stereocenters. The molecule has 2 fully saturated rings. The van der Waals surface area contributed by atoms with E-state index in [-0.39, 0.29) is 11.7 Å². The van der Waals surface area contributed by atoms with Gasteiger partial charge in [0.1, 0.15) is 5.82 Å². The molecule has 1 aromatic carbocycles. The number of nitrogens with zero attached hydrogens (tertiary/aromatic N) is 1. The summed E-state index contributed by atoms with van der Waals surface area (Å²) in [6, 6.07) is 7.56. The minimum atomic E-state index is -0.196. The number of halogens is 1. The average Bonchev–Trinajstić information content (AvgIpc) is 3.09. The number of amides is 1. The lowest BCUT2D eigenvalue weighted by atomic mass is 9.91. The lowest BCUT2D eigenvalue weighted by Crippen LogP contribution is -2.47. The molecular formula is C20H29FN2O. The molecule has 0 bridgehead atoms. The number of carbonyl (C=O) groups excluding carboxylic acids is 1. The first-order valence-electron chi connectivity index (χ1n) is 9.42. The van der Waals surface area contributed by atoms with Gasteiger partial charge in [0, 0.05) is 24.5 Å². The maximum Gasteiger partial charge on any atom is 0.226 e. The van der Waals surface area contributed by atoms with Gasteiger partial charge in [-0.15, -0.1) is 0 Å². The van der Waals surface area contributed by atoms with Crippen molar-refractivity contribution < 1.29 is 9.18 Å². The van der Waals surface area contributed by atoms with Crippen molar-refractivity contribution >= 4 is 5.91 Å². The van der Waals surface area contributed by atoms with Gasteiger partial charge in [0.2, 0.25) is 5.91 Å². The maximum absolute atomic E-state index is 13.4. The summed E-state index contributed by atoms with van der Waals surface area (Å²) in [5.41, 5.74) is 0.976. The standard InChI is InChI=1S/C20H29FN2O/c1-15-13-17(9-11-22-15)20(24)23(19-7-2-3-8-19)12-10-16-5-4-6-18(21)14-16/h4-6,14-15,17,19,22H,2-3,7-13H2,1H3/t15-,17-/m0/s1. The summed E-state index contributed by atoms with van der Waals surface area (Å²) in [5, 5.41) is 3.43. The molecule has 132 valence electrons. The number of hydrogen-bond acceptors (Lipinski definition) is 2. The topological polar surface area (TPSA) is 32.3 Å². The highest BCUT2D eigenvalue weighted by molar-refractivity contribution is 5.79. The Morgan fingerprint density at radius 2 is 2.08 bits per heavy atom. The molecule has 0 spiro atoms. The molecule has 2 aliphatic rings. The van der Waals surface area contributed by atoms with E-state index in [9.17, 15) is 9.18 Å². The molecule has 1 saturated carbocycles. The molecule has 1 aliphatic carbocycles. The largest absolute Gasteiger partial charge is 0.339 e. The molecule has 3 nitrogen and oxygen atoms in total. The minimum absolute atomic E-state index is 0.148. The summed E-state index contributed by atoms with van der Waals surface area (Å²) in [7, 11) is 0. The van der Waals surface area contributed by atoms with Crippen molar-refractivity contribution in [3.8, 4) is 0 Å². The van der Waals surface area contributed by atoms with Gasteiger partial charge in [0.05, 0.1) is 0 Å². The Labute approximate surface area is 144 Å². The number of nitrogens with one attached hydrogen (secondary N) is 1. The quantitative estimate of drug-likeness (QED) is 0.895. The van der Waals surface area contributed by atoms with Gasteiger partial charge in [-0.1, -0.05) is 25.0 Å². The number of rotatable bonds is 5. The second-order valence-electron chi connectivity index (χ2n) is 7.43. The predicted molar refractivity (Wildman–Crippen MR) is 94.3 cm³/mol. The number of benzene rings is 1. The van der Waals surface area contributed by atoms with E-state index in [0.29, 0.717) is 24.5 Å². The highest BCUT2D eigenvalue weighted by Crippen LogP contribution is 2.27. The first-order valence-corrected chi connectivity index (χ1v) is 9.42. The number of carbonyl (C=O) groups is 1. The zero-order valence-electron chi connectivity index (χ0n) is 14.6. The van der Waals surface area contributed by atoms with Crippen molar-refractivity contribution in [2.75, 3.05) is 13.1 Å². The summed E-state index contributed by atoms with van der Waals surface area (Å²) in [6.45, 7) is 3.80. The molecule has 1 aliphatic heterocycles. The average molecular weight is 332 g/mol. The Morgan fingerprint density at radius 1 is 1.29 bits per heavy atom. The minimum Gasteiger partial charge on any atom is -0.339 e. The van der Waals surface area contributed by atoms with Crippen LogP contribution >= 0.6 is 0 Å². The molecule has 24 heavy (non-hydrogen) atoms. The zero-order valence-corrected chi connectivity index (χ0v) is 14.6. The zero-order chi connectivity index (χ0) is 16.9. The molecule has 4 heteroatoms. The van der Waals surface area contributed by atoms with Gasteiger partial charge in [-0.05, 0) is 63.3 Å². The van der Waals surface area contributed by atoms with Gasteiger partial charge in [-0.25, -0.2) is 4.39 Å². The molecule has 0 radical (unpaired) electrons. The van der Waals surface area contributed by atoms with E-state index in [1.807, 2.05) is 6.07 Å². The molecule has 0 aromatic heterocycles. The predicted octanol–water partition coefficient (Wildman–Crippen LogP) is 3.53. The molecule has 1 amide bonds. The van der Waals surface area contributed by atoms with Crippen molar-refractivity contribution in [3.63, 3.8) is 0 Å². The van der Waals surface area contributed by atoms with Gasteiger partial charge >= 0.3 is 0 Å². The molecule has 2 atom stereocenters. The normalized spacial score (nSPS) is 24.9. The summed E-state index contributed by atoms with van der Waals surface area (Å²) in [5.74, 6) is 0.277. The molecule has 3 rings (SSSR count). The van der Waals surface area contributed by atoms with Crippen molar-refractivity contribution in [2.24, 2.45) is 5.92 Å². The third kappa shape index (κ3) is 4.35. The van der Waals surface area contributed by atoms with Crippen LogP contribution in [0.4, 0.5) is 4.39 Å². The first-order chi connectivity index (χ1) is 11.6. The number of piperidine rings is 1. The van der Waals surface area contributed by atoms with E-state index in [1.165, 1.54) is 18.9 Å². The van der Waals surface area contributed by atoms with Crippen LogP contribution < -0.4 is 5.32 Å². The smallest absolute Gasteiger partial charge is 0.226 e. The van der Waals surface area contributed by atoms with Crippen molar-refractivity contribution in [3.05, 3.63) is 35.6 Å². The van der Waals surface area contributed by atoms with Crippen LogP contribution in [-0.4, -0.2) is 36.0 Å². The van der Waals surface area contributed by atoms with Crippen LogP contribution in [0.2, 0.25) is 0 Å². The van der Waals surface area contributed by atoms with Crippen LogP contribution in [0.5, 0.6) is 0 Å². The highest BCUT2D eigenvalue weighted by Gasteiger charge is 2.33. The number of hydrogen-bond donors (Lipinski definition) is 1. The summed E-state index contributed by atoms with van der Waals surface area (Å²) < 4.78 is 13.4. The van der Waals surface area contributed by atoms with Crippen LogP contribution in [0.25, 0.3) is 0 Å². The van der Waals surface area contributed by atoms with Gasteiger partial charge in [-0.3, -0.25) is 4.79 Å². The second kappa shape index (κ2) is 8.11. The Morgan fingerprint density at radius 3 is 2.79 bits per heavy atom. The van der Waals surface area contributed by atoms with Crippen LogP contribution in [0.3, 0.4) is 0 Å². The van der Waals surface area contributed by atoms with E-state index in [0.717, 1.165) is 44.2 Å². The van der Waals surface area contributed by atoms with Gasteiger partial charge in [0.25, 0.3) is 0 Å². The fraction of sp³-hybridized carbons (Fsp3) is 0.650. The Bertz CT molecular complexity index is 556. The third-order valence-corrected chi connectivity index (χ3v) is 5.55. The Balaban J connectivity index is 1.67. The van der Waals surface area contributed by atoms with Crippen LogP contribution in [0.1, 0.15) is 51.0 Å². The van der Waals surface area contributed by atoms with E-state index >= 15 is 0 Å². The van der Waals surface area contributed by atoms with E-state index < -0.39 is 0 Å². The fourth-order valence-electron chi connectivity index (χ4n) is 4.22. The Hall–Kier alpha value is -1.42. The van der Waals surface area contributed by atoms with Crippen LogP contribution in [0, 0.1) is 11.7 Å². The molecule has 1 heterocycles. The molecule has 1 saturated heterocycles. The summed E-state index contributed by atoms with van der Waals surface area (Å²) >= 11 is 0. The SMILES string of the molecule is C[C@H]1C[C@@H](C(=O)N(CCc2cccc(F)c2)C2CCCC2)CCN1. The third-order valence-electron chi connectivity index (χ3n) is 5.55. The lowest BCUT2D eigenvalue weighted by Gasteiger charge is -2.35.